The van der Waals surface area contributed by atoms with Gasteiger partial charge in [0.15, 0.2) is 17.3 Å². The molecule has 17 heavy (non-hydrogen) atoms. The van der Waals surface area contributed by atoms with E-state index in [1.54, 1.807) is 12.1 Å². The lowest BCUT2D eigenvalue weighted by Crippen LogP contribution is -2.10. The predicted molar refractivity (Wildman–Crippen MR) is 61.4 cm³/mol. The van der Waals surface area contributed by atoms with Crippen molar-refractivity contribution in [3.63, 3.8) is 0 Å². The summed E-state index contributed by atoms with van der Waals surface area (Å²) < 4.78 is 10.3. The summed E-state index contributed by atoms with van der Waals surface area (Å²) in [7, 11) is 0. The van der Waals surface area contributed by atoms with Crippen molar-refractivity contribution in [2.75, 3.05) is 12.1 Å². The third-order valence-corrected chi connectivity index (χ3v) is 2.34. The molecule has 2 rings (SSSR count). The highest BCUT2D eigenvalue weighted by atomic mass is 16.7. The monoisotopic (exact) mass is 233 g/mol. The molecule has 0 saturated heterocycles. The van der Waals surface area contributed by atoms with Crippen molar-refractivity contribution in [3.05, 3.63) is 30.4 Å². The van der Waals surface area contributed by atoms with Crippen molar-refractivity contribution in [3.8, 4) is 11.5 Å². The van der Waals surface area contributed by atoms with Crippen LogP contribution >= 0.6 is 0 Å². The van der Waals surface area contributed by atoms with E-state index in [9.17, 15) is 9.59 Å². The summed E-state index contributed by atoms with van der Waals surface area (Å²) in [4.78, 5) is 22.7. The largest absolute Gasteiger partial charge is 0.454 e. The molecule has 0 fully saturated rings. The first-order valence-electron chi connectivity index (χ1n) is 5.00. The van der Waals surface area contributed by atoms with Gasteiger partial charge in [-0.1, -0.05) is 6.58 Å². The van der Waals surface area contributed by atoms with Crippen LogP contribution in [0, 0.1) is 0 Å². The van der Waals surface area contributed by atoms with Crippen LogP contribution in [0.15, 0.2) is 24.8 Å². The molecule has 1 heterocycles. The topological polar surface area (TPSA) is 64.6 Å². The molecule has 1 aromatic carbocycles. The summed E-state index contributed by atoms with van der Waals surface area (Å²) in [5.41, 5.74) is 0.774. The van der Waals surface area contributed by atoms with Gasteiger partial charge in [0.1, 0.15) is 0 Å². The van der Waals surface area contributed by atoms with E-state index in [1.807, 2.05) is 0 Å². The molecule has 0 unspecified atom stereocenters. The Bertz CT molecular complexity index is 507. The number of hydrogen-bond acceptors (Lipinski definition) is 4. The molecule has 0 aliphatic carbocycles. The smallest absolute Gasteiger partial charge is 0.247 e. The summed E-state index contributed by atoms with van der Waals surface area (Å²) in [6, 6.07) is 3.13. The predicted octanol–water partition coefficient (Wildman–Crippen LogP) is 1.74. The van der Waals surface area contributed by atoms with E-state index in [4.69, 9.17) is 9.47 Å². The van der Waals surface area contributed by atoms with E-state index in [2.05, 4.69) is 11.9 Å². The molecule has 0 bridgehead atoms. The molecular weight excluding hydrogens is 222 g/mol. The van der Waals surface area contributed by atoms with E-state index in [0.29, 0.717) is 22.7 Å². The zero-order valence-corrected chi connectivity index (χ0v) is 9.28. The molecular formula is C12H11NO4. The van der Waals surface area contributed by atoms with Gasteiger partial charge in [0.25, 0.3) is 0 Å². The Morgan fingerprint density at radius 3 is 2.59 bits per heavy atom. The minimum Gasteiger partial charge on any atom is -0.454 e. The molecule has 0 saturated carbocycles. The van der Waals surface area contributed by atoms with Crippen LogP contribution in [-0.4, -0.2) is 18.5 Å². The van der Waals surface area contributed by atoms with Gasteiger partial charge in [-0.25, -0.2) is 0 Å². The number of ether oxygens (including phenoxy) is 2. The molecule has 5 heteroatoms. The van der Waals surface area contributed by atoms with Crippen molar-refractivity contribution < 1.29 is 19.1 Å². The first-order valence-corrected chi connectivity index (χ1v) is 5.00. The van der Waals surface area contributed by atoms with Gasteiger partial charge in [0.2, 0.25) is 12.7 Å². The average Bonchev–Trinajstić information content (AvgIpc) is 2.74. The Morgan fingerprint density at radius 2 is 2.00 bits per heavy atom. The first kappa shape index (κ1) is 11.2. The highest BCUT2D eigenvalue weighted by molar-refractivity contribution is 6.07. The molecule has 0 radical (unpaired) electrons. The van der Waals surface area contributed by atoms with Crippen LogP contribution in [0.5, 0.6) is 11.5 Å². The molecule has 0 spiro atoms. The van der Waals surface area contributed by atoms with E-state index in [-0.39, 0.29) is 18.5 Å². The second kappa shape index (κ2) is 4.29. The lowest BCUT2D eigenvalue weighted by molar-refractivity contribution is -0.111. The van der Waals surface area contributed by atoms with Gasteiger partial charge in [-0.3, -0.25) is 9.59 Å². The number of benzene rings is 1. The summed E-state index contributed by atoms with van der Waals surface area (Å²) in [5, 5.41) is 2.56. The number of ketones is 1. The molecule has 1 aliphatic heterocycles. The Balaban J connectivity index is 2.44. The number of amides is 1. The number of nitrogens with one attached hydrogen (secondary N) is 1. The zero-order valence-electron chi connectivity index (χ0n) is 9.28. The Labute approximate surface area is 98.0 Å². The normalized spacial score (nSPS) is 12.1. The Morgan fingerprint density at radius 1 is 1.35 bits per heavy atom. The lowest BCUT2D eigenvalue weighted by Gasteiger charge is -2.08. The molecule has 5 nitrogen and oxygen atoms in total. The summed E-state index contributed by atoms with van der Waals surface area (Å²) in [6.45, 7) is 4.89. The molecule has 0 aromatic heterocycles. The maximum atomic E-state index is 11.5. The van der Waals surface area contributed by atoms with Gasteiger partial charge in [-0.15, -0.1) is 0 Å². The van der Waals surface area contributed by atoms with Crippen LogP contribution in [-0.2, 0) is 4.79 Å². The summed E-state index contributed by atoms with van der Waals surface area (Å²) in [5.74, 6) is 0.468. The Kier molecular flexibility index (Phi) is 2.82. The maximum absolute atomic E-state index is 11.5. The average molecular weight is 233 g/mol. The molecule has 1 aromatic rings. The van der Waals surface area contributed by atoms with Crippen molar-refractivity contribution in [1.82, 2.24) is 0 Å². The van der Waals surface area contributed by atoms with E-state index in [1.165, 1.54) is 6.92 Å². The van der Waals surface area contributed by atoms with Crippen molar-refractivity contribution in [2.24, 2.45) is 0 Å². The Hall–Kier alpha value is -2.30. The van der Waals surface area contributed by atoms with Gasteiger partial charge in [0, 0.05) is 11.6 Å². The highest BCUT2D eigenvalue weighted by Gasteiger charge is 2.19. The number of fused-ring (bicyclic) bond motifs is 1. The number of carbonyl (C=O) groups excluding carboxylic acids is 2. The van der Waals surface area contributed by atoms with Crippen molar-refractivity contribution in [2.45, 2.75) is 6.92 Å². The number of anilines is 1. The van der Waals surface area contributed by atoms with Gasteiger partial charge in [0.05, 0.1) is 5.69 Å². The van der Waals surface area contributed by atoms with E-state index < -0.39 is 0 Å². The quantitative estimate of drug-likeness (QED) is 0.638. The van der Waals surface area contributed by atoms with Crippen LogP contribution in [0.25, 0.3) is 0 Å². The fourth-order valence-corrected chi connectivity index (χ4v) is 1.52. The van der Waals surface area contributed by atoms with Crippen molar-refractivity contribution >= 4 is 17.4 Å². The second-order valence-corrected chi connectivity index (χ2v) is 3.50. The van der Waals surface area contributed by atoms with Crippen LogP contribution in [0.2, 0.25) is 0 Å². The minimum atomic E-state index is -0.383. The van der Waals surface area contributed by atoms with E-state index in [0.717, 1.165) is 6.08 Å². The molecule has 0 atom stereocenters. The fourth-order valence-electron chi connectivity index (χ4n) is 1.52. The third kappa shape index (κ3) is 2.13. The fraction of sp³-hybridized carbons (Fsp3) is 0.167. The van der Waals surface area contributed by atoms with Gasteiger partial charge >= 0.3 is 0 Å². The maximum Gasteiger partial charge on any atom is 0.247 e. The second-order valence-electron chi connectivity index (χ2n) is 3.50. The number of hydrogen-bond donors (Lipinski definition) is 1. The van der Waals surface area contributed by atoms with Gasteiger partial charge in [-0.05, 0) is 19.1 Å². The van der Waals surface area contributed by atoms with Crippen LogP contribution in [0.3, 0.4) is 0 Å². The number of Topliss-reactive ketones (excluding diaryl/α,β-unsaturated/α-hetero) is 1. The summed E-state index contributed by atoms with van der Waals surface area (Å²) >= 11 is 0. The van der Waals surface area contributed by atoms with E-state index >= 15 is 0 Å². The third-order valence-electron chi connectivity index (χ3n) is 2.34. The van der Waals surface area contributed by atoms with Gasteiger partial charge in [-0.2, -0.15) is 0 Å². The highest BCUT2D eigenvalue weighted by Crippen LogP contribution is 2.37. The number of carbonyl (C=O) groups is 2. The lowest BCUT2D eigenvalue weighted by atomic mass is 10.1. The zero-order chi connectivity index (χ0) is 12.4. The first-order chi connectivity index (χ1) is 8.11. The van der Waals surface area contributed by atoms with Crippen molar-refractivity contribution in [1.29, 1.82) is 0 Å². The molecule has 1 N–H and O–H groups in total. The molecule has 1 amide bonds. The number of rotatable bonds is 3. The van der Waals surface area contributed by atoms with Crippen LogP contribution in [0.1, 0.15) is 17.3 Å². The van der Waals surface area contributed by atoms with Gasteiger partial charge < -0.3 is 14.8 Å². The minimum absolute atomic E-state index is 0.117. The van der Waals surface area contributed by atoms with Crippen LogP contribution in [0.4, 0.5) is 5.69 Å². The van der Waals surface area contributed by atoms with Crippen LogP contribution < -0.4 is 14.8 Å². The standard InChI is InChI=1S/C12H11NO4/c1-3-12(15)13-9-5-11-10(16-6-17-11)4-8(9)7(2)14/h3-5H,1,6H2,2H3,(H,13,15). The summed E-state index contributed by atoms with van der Waals surface area (Å²) in [6.07, 6.45) is 1.13. The molecule has 1 aliphatic rings. The molecule has 88 valence electrons. The SMILES string of the molecule is C=CC(=O)Nc1cc2c(cc1C(C)=O)OCO2.